The molecular weight excluding hydrogens is 450 g/mol. The second-order valence-electron chi connectivity index (χ2n) is 8.95. The summed E-state index contributed by atoms with van der Waals surface area (Å²) in [7, 11) is 1.86. The molecule has 0 spiro atoms. The number of tetrazole rings is 1. The molecule has 7 nitrogen and oxygen atoms in total. The van der Waals surface area contributed by atoms with Crippen LogP contribution in [0.15, 0.2) is 84.9 Å². The van der Waals surface area contributed by atoms with Gasteiger partial charge in [0.2, 0.25) is 5.91 Å². The van der Waals surface area contributed by atoms with E-state index in [2.05, 4.69) is 57.0 Å². The summed E-state index contributed by atoms with van der Waals surface area (Å²) in [5, 5.41) is 14.3. The lowest BCUT2D eigenvalue weighted by Crippen LogP contribution is -2.30. The molecule has 3 aromatic carbocycles. The van der Waals surface area contributed by atoms with Crippen LogP contribution in [0.4, 0.5) is 0 Å². The van der Waals surface area contributed by atoms with E-state index in [0.717, 1.165) is 42.8 Å². The molecule has 1 N–H and O–H groups in total. The van der Waals surface area contributed by atoms with Crippen molar-refractivity contribution in [2.45, 2.75) is 38.0 Å². The predicted molar refractivity (Wildman–Crippen MR) is 140 cm³/mol. The Morgan fingerprint density at radius 2 is 1.64 bits per heavy atom. The summed E-state index contributed by atoms with van der Waals surface area (Å²) < 4.78 is 6.22. The maximum Gasteiger partial charge on any atom is 0.226 e. The summed E-state index contributed by atoms with van der Waals surface area (Å²) in [5.74, 6) is 1.89. The number of hydrogen-bond donors (Lipinski definition) is 1. The molecule has 1 heterocycles. The summed E-state index contributed by atoms with van der Waals surface area (Å²) >= 11 is 0. The van der Waals surface area contributed by atoms with Crippen molar-refractivity contribution in [2.75, 3.05) is 20.2 Å². The number of rotatable bonds is 13. The first-order chi connectivity index (χ1) is 17.7. The van der Waals surface area contributed by atoms with E-state index in [9.17, 15) is 4.79 Å². The fourth-order valence-electron chi connectivity index (χ4n) is 4.26. The number of aromatic nitrogens is 4. The van der Waals surface area contributed by atoms with Gasteiger partial charge in [0.05, 0.1) is 13.0 Å². The van der Waals surface area contributed by atoms with Gasteiger partial charge < -0.3 is 9.64 Å². The molecule has 0 aliphatic rings. The van der Waals surface area contributed by atoms with Gasteiger partial charge in [0.1, 0.15) is 5.75 Å². The molecule has 1 atom stereocenters. The number of H-pyrrole nitrogens is 1. The Morgan fingerprint density at radius 1 is 0.917 bits per heavy atom. The fourth-order valence-corrected chi connectivity index (χ4v) is 4.26. The molecular formula is C29H33N5O2. The van der Waals surface area contributed by atoms with Gasteiger partial charge >= 0.3 is 0 Å². The number of aromatic amines is 1. The number of benzene rings is 3. The van der Waals surface area contributed by atoms with E-state index < -0.39 is 0 Å². The van der Waals surface area contributed by atoms with E-state index in [1.807, 2.05) is 55.6 Å². The van der Waals surface area contributed by atoms with Crippen LogP contribution in [0.1, 0.15) is 41.3 Å². The van der Waals surface area contributed by atoms with Gasteiger partial charge in [-0.3, -0.25) is 4.79 Å². The van der Waals surface area contributed by atoms with Gasteiger partial charge in [0.15, 0.2) is 5.82 Å². The summed E-state index contributed by atoms with van der Waals surface area (Å²) in [6, 6.07) is 28.5. The van der Waals surface area contributed by atoms with Crippen LogP contribution >= 0.6 is 0 Å². The number of carbonyl (C=O) groups excluding carboxylic acids is 1. The number of para-hydroxylation sites is 1. The van der Waals surface area contributed by atoms with Gasteiger partial charge in [-0.1, -0.05) is 84.1 Å². The molecule has 186 valence electrons. The maximum atomic E-state index is 12.9. The third kappa shape index (κ3) is 7.50. The highest BCUT2D eigenvalue weighted by atomic mass is 16.5. The standard InChI is InChI=1S/C29H33N5O2/c1-34(20-18-23-10-4-2-5-11-23)29(35)22-26-14-8-9-15-27(26)36-21-19-25(24-12-6-3-7-13-24)16-17-28-30-32-33-31-28/h2-15,25H,16-22H2,1H3,(H,30,31,32,33). The highest BCUT2D eigenvalue weighted by molar-refractivity contribution is 5.79. The molecule has 0 saturated carbocycles. The van der Waals surface area contributed by atoms with Crippen molar-refractivity contribution >= 4 is 5.91 Å². The largest absolute Gasteiger partial charge is 0.493 e. The molecule has 0 bridgehead atoms. The number of amides is 1. The molecule has 1 unspecified atom stereocenters. The minimum atomic E-state index is 0.0873. The molecule has 0 saturated heterocycles. The van der Waals surface area contributed by atoms with Crippen molar-refractivity contribution in [1.82, 2.24) is 25.5 Å². The number of aryl methyl sites for hydroxylation is 1. The Labute approximate surface area is 212 Å². The number of hydrogen-bond acceptors (Lipinski definition) is 5. The van der Waals surface area contributed by atoms with E-state index >= 15 is 0 Å². The fraction of sp³-hybridized carbons (Fsp3) is 0.310. The van der Waals surface area contributed by atoms with E-state index in [4.69, 9.17) is 4.74 Å². The van der Waals surface area contributed by atoms with Crippen LogP contribution < -0.4 is 4.74 Å². The van der Waals surface area contributed by atoms with E-state index in [1.165, 1.54) is 11.1 Å². The van der Waals surface area contributed by atoms with Crippen molar-refractivity contribution in [2.24, 2.45) is 0 Å². The van der Waals surface area contributed by atoms with Crippen LogP contribution in [-0.4, -0.2) is 51.6 Å². The Morgan fingerprint density at radius 3 is 2.39 bits per heavy atom. The van der Waals surface area contributed by atoms with Crippen LogP contribution in [0.3, 0.4) is 0 Å². The van der Waals surface area contributed by atoms with Crippen LogP contribution in [0.2, 0.25) is 0 Å². The van der Waals surface area contributed by atoms with Crippen LogP contribution in [0, 0.1) is 0 Å². The quantitative estimate of drug-likeness (QED) is 0.300. The summed E-state index contributed by atoms with van der Waals surface area (Å²) in [6.07, 6.45) is 3.66. The van der Waals surface area contributed by atoms with Gasteiger partial charge in [-0.05, 0) is 42.4 Å². The molecule has 0 aliphatic heterocycles. The van der Waals surface area contributed by atoms with Gasteiger partial charge in [-0.25, -0.2) is 0 Å². The van der Waals surface area contributed by atoms with Gasteiger partial charge in [-0.15, -0.1) is 10.2 Å². The monoisotopic (exact) mass is 483 g/mol. The smallest absolute Gasteiger partial charge is 0.226 e. The van der Waals surface area contributed by atoms with E-state index in [-0.39, 0.29) is 5.91 Å². The topological polar surface area (TPSA) is 84.0 Å². The van der Waals surface area contributed by atoms with Crippen LogP contribution in [-0.2, 0) is 24.1 Å². The first kappa shape index (κ1) is 25.1. The SMILES string of the molecule is CN(CCc1ccccc1)C(=O)Cc1ccccc1OCCC(CCc1nn[nH]n1)c1ccccc1. The lowest BCUT2D eigenvalue weighted by atomic mass is 9.91. The highest BCUT2D eigenvalue weighted by Crippen LogP contribution is 2.26. The minimum absolute atomic E-state index is 0.0873. The second-order valence-corrected chi connectivity index (χ2v) is 8.95. The summed E-state index contributed by atoms with van der Waals surface area (Å²) in [4.78, 5) is 14.7. The third-order valence-electron chi connectivity index (χ3n) is 6.42. The first-order valence-corrected chi connectivity index (χ1v) is 12.4. The minimum Gasteiger partial charge on any atom is -0.493 e. The predicted octanol–water partition coefficient (Wildman–Crippen LogP) is 4.63. The zero-order valence-corrected chi connectivity index (χ0v) is 20.7. The van der Waals surface area contributed by atoms with Crippen molar-refractivity contribution in [1.29, 1.82) is 0 Å². The molecule has 0 radical (unpaired) electrons. The maximum absolute atomic E-state index is 12.9. The van der Waals surface area contributed by atoms with Crippen LogP contribution in [0.25, 0.3) is 0 Å². The Hall–Kier alpha value is -4.00. The van der Waals surface area contributed by atoms with Crippen molar-refractivity contribution in [3.63, 3.8) is 0 Å². The van der Waals surface area contributed by atoms with Gasteiger partial charge in [0.25, 0.3) is 0 Å². The second kappa shape index (κ2) is 13.2. The zero-order chi connectivity index (χ0) is 25.0. The van der Waals surface area contributed by atoms with Gasteiger partial charge in [0, 0.05) is 25.6 Å². The molecule has 7 heteroatoms. The van der Waals surface area contributed by atoms with Crippen LogP contribution in [0.5, 0.6) is 5.75 Å². The highest BCUT2D eigenvalue weighted by Gasteiger charge is 2.16. The average molecular weight is 484 g/mol. The number of nitrogens with zero attached hydrogens (tertiary/aromatic N) is 4. The lowest BCUT2D eigenvalue weighted by Gasteiger charge is -2.20. The zero-order valence-electron chi connectivity index (χ0n) is 20.7. The molecule has 0 fully saturated rings. The Bertz CT molecular complexity index is 1180. The Kier molecular flexibility index (Phi) is 9.19. The normalized spacial score (nSPS) is 11.7. The molecule has 4 aromatic rings. The van der Waals surface area contributed by atoms with Crippen molar-refractivity contribution < 1.29 is 9.53 Å². The molecule has 1 amide bonds. The Balaban J connectivity index is 1.32. The number of likely N-dealkylation sites (N-methyl/N-ethyl adjacent to an activating group) is 1. The van der Waals surface area contributed by atoms with Crippen molar-refractivity contribution in [3.8, 4) is 5.75 Å². The average Bonchev–Trinajstić information content (AvgIpc) is 3.45. The molecule has 4 rings (SSSR count). The molecule has 0 aliphatic carbocycles. The third-order valence-corrected chi connectivity index (χ3v) is 6.42. The summed E-state index contributed by atoms with van der Waals surface area (Å²) in [5.41, 5.74) is 3.42. The van der Waals surface area contributed by atoms with E-state index in [0.29, 0.717) is 25.5 Å². The van der Waals surface area contributed by atoms with E-state index in [1.54, 1.807) is 4.90 Å². The number of nitrogens with one attached hydrogen (secondary N) is 1. The lowest BCUT2D eigenvalue weighted by molar-refractivity contribution is -0.129. The summed E-state index contributed by atoms with van der Waals surface area (Å²) in [6.45, 7) is 1.24. The van der Waals surface area contributed by atoms with Crippen molar-refractivity contribution in [3.05, 3.63) is 107 Å². The first-order valence-electron chi connectivity index (χ1n) is 12.4. The van der Waals surface area contributed by atoms with Gasteiger partial charge in [-0.2, -0.15) is 5.21 Å². The number of carbonyl (C=O) groups is 1. The number of ether oxygens (including phenoxy) is 1. The molecule has 1 aromatic heterocycles. The molecule has 36 heavy (non-hydrogen) atoms.